The summed E-state index contributed by atoms with van der Waals surface area (Å²) in [5.41, 5.74) is 0.242. The van der Waals surface area contributed by atoms with E-state index in [2.05, 4.69) is 76.9 Å². The molecule has 0 aromatic carbocycles. The van der Waals surface area contributed by atoms with E-state index in [0.29, 0.717) is 4.83 Å². The molecule has 0 saturated heterocycles. The quantitative estimate of drug-likeness (QED) is 0.521. The molecule has 2 heterocycles. The lowest BCUT2D eigenvalue weighted by molar-refractivity contribution is 0.604. The van der Waals surface area contributed by atoms with Crippen molar-refractivity contribution in [3.8, 4) is 0 Å². The van der Waals surface area contributed by atoms with Crippen LogP contribution in [0.1, 0.15) is 40.2 Å². The summed E-state index contributed by atoms with van der Waals surface area (Å²) in [6.45, 7) is 6.77. The standard InChI is InChI=1S/C13H14Br2S2/c1-13(2,3)10-6-4-8(16-10)12(15)9-5-7-11(14)17-9/h4-7,12H,1-3H3. The first-order chi connectivity index (χ1) is 7.88. The van der Waals surface area contributed by atoms with Crippen molar-refractivity contribution in [2.24, 2.45) is 0 Å². The molecule has 0 nitrogen and oxygen atoms in total. The Morgan fingerprint density at radius 1 is 1.00 bits per heavy atom. The van der Waals surface area contributed by atoms with E-state index in [-0.39, 0.29) is 5.41 Å². The summed E-state index contributed by atoms with van der Waals surface area (Å²) in [6, 6.07) is 8.76. The summed E-state index contributed by atoms with van der Waals surface area (Å²) in [6.07, 6.45) is 0. The van der Waals surface area contributed by atoms with Gasteiger partial charge in [0.05, 0.1) is 8.61 Å². The highest BCUT2D eigenvalue weighted by atomic mass is 79.9. The van der Waals surface area contributed by atoms with Crippen LogP contribution in [0.2, 0.25) is 0 Å². The fraction of sp³-hybridized carbons (Fsp3) is 0.385. The molecule has 17 heavy (non-hydrogen) atoms. The largest absolute Gasteiger partial charge is 0.143 e. The van der Waals surface area contributed by atoms with Gasteiger partial charge in [-0.05, 0) is 45.6 Å². The van der Waals surface area contributed by atoms with Crippen LogP contribution in [0.3, 0.4) is 0 Å². The number of thiophene rings is 2. The van der Waals surface area contributed by atoms with Crippen molar-refractivity contribution in [1.82, 2.24) is 0 Å². The third-order valence-corrected chi connectivity index (χ3v) is 7.32. The van der Waals surface area contributed by atoms with E-state index in [9.17, 15) is 0 Å². The van der Waals surface area contributed by atoms with E-state index < -0.39 is 0 Å². The van der Waals surface area contributed by atoms with Crippen LogP contribution in [0.15, 0.2) is 28.1 Å². The molecular formula is C13H14Br2S2. The zero-order valence-corrected chi connectivity index (χ0v) is 14.8. The Balaban J connectivity index is 2.26. The van der Waals surface area contributed by atoms with E-state index >= 15 is 0 Å². The summed E-state index contributed by atoms with van der Waals surface area (Å²) in [7, 11) is 0. The van der Waals surface area contributed by atoms with Gasteiger partial charge >= 0.3 is 0 Å². The summed E-state index contributed by atoms with van der Waals surface area (Å²) >= 11 is 11.0. The van der Waals surface area contributed by atoms with Crippen molar-refractivity contribution in [3.05, 3.63) is 42.7 Å². The Morgan fingerprint density at radius 3 is 2.06 bits per heavy atom. The maximum atomic E-state index is 3.79. The molecule has 2 aromatic heterocycles. The van der Waals surface area contributed by atoms with Crippen molar-refractivity contribution >= 4 is 54.5 Å². The first kappa shape index (κ1) is 13.8. The summed E-state index contributed by atoms with van der Waals surface area (Å²) in [5, 5.41) is 0. The molecule has 0 aliphatic carbocycles. The van der Waals surface area contributed by atoms with Crippen LogP contribution < -0.4 is 0 Å². The molecule has 0 aliphatic heterocycles. The Labute approximate surface area is 127 Å². The van der Waals surface area contributed by atoms with Gasteiger partial charge in [0.15, 0.2) is 0 Å². The summed E-state index contributed by atoms with van der Waals surface area (Å²) in [4.78, 5) is 4.48. The van der Waals surface area contributed by atoms with Crippen molar-refractivity contribution in [3.63, 3.8) is 0 Å². The Bertz CT molecular complexity index is 505. The normalized spacial score (nSPS) is 13.9. The van der Waals surface area contributed by atoms with Gasteiger partial charge < -0.3 is 0 Å². The summed E-state index contributed by atoms with van der Waals surface area (Å²) in [5.74, 6) is 0. The van der Waals surface area contributed by atoms with Crippen molar-refractivity contribution in [2.75, 3.05) is 0 Å². The van der Waals surface area contributed by atoms with Crippen LogP contribution >= 0.6 is 54.5 Å². The van der Waals surface area contributed by atoms with Crippen LogP contribution in [-0.2, 0) is 5.41 Å². The van der Waals surface area contributed by atoms with E-state index in [0.717, 1.165) is 0 Å². The minimum absolute atomic E-state index is 0.242. The fourth-order valence-corrected chi connectivity index (χ4v) is 4.92. The van der Waals surface area contributed by atoms with Gasteiger partial charge in [0.1, 0.15) is 0 Å². The molecule has 0 fully saturated rings. The molecular weight excluding hydrogens is 380 g/mol. The highest BCUT2D eigenvalue weighted by molar-refractivity contribution is 9.11. The fourth-order valence-electron chi connectivity index (χ4n) is 1.50. The zero-order chi connectivity index (χ0) is 12.6. The summed E-state index contributed by atoms with van der Waals surface area (Å²) < 4.78 is 1.18. The van der Waals surface area contributed by atoms with E-state index in [1.54, 1.807) is 11.3 Å². The van der Waals surface area contributed by atoms with Gasteiger partial charge in [-0.15, -0.1) is 22.7 Å². The van der Waals surface area contributed by atoms with Crippen LogP contribution in [0.4, 0.5) is 0 Å². The number of alkyl halides is 1. The average Bonchev–Trinajstić information content (AvgIpc) is 2.83. The average molecular weight is 394 g/mol. The molecule has 92 valence electrons. The molecule has 1 unspecified atom stereocenters. The van der Waals surface area contributed by atoms with Gasteiger partial charge in [-0.3, -0.25) is 0 Å². The number of rotatable bonds is 2. The lowest BCUT2D eigenvalue weighted by Gasteiger charge is -2.15. The topological polar surface area (TPSA) is 0 Å². The monoisotopic (exact) mass is 392 g/mol. The number of hydrogen-bond acceptors (Lipinski definition) is 2. The van der Waals surface area contributed by atoms with Crippen molar-refractivity contribution in [1.29, 1.82) is 0 Å². The Morgan fingerprint density at radius 2 is 1.59 bits per heavy atom. The predicted octanol–water partition coefficient (Wildman–Crippen LogP) is 6.35. The molecule has 4 heteroatoms. The van der Waals surface area contributed by atoms with Gasteiger partial charge in [-0.25, -0.2) is 0 Å². The van der Waals surface area contributed by atoms with E-state index in [1.807, 2.05) is 11.3 Å². The minimum atomic E-state index is 0.242. The van der Waals surface area contributed by atoms with Gasteiger partial charge in [-0.1, -0.05) is 36.7 Å². The SMILES string of the molecule is CC(C)(C)c1ccc(C(Br)c2ccc(Br)s2)s1. The van der Waals surface area contributed by atoms with Gasteiger partial charge in [0.2, 0.25) is 0 Å². The first-order valence-electron chi connectivity index (χ1n) is 5.37. The Hall–Kier alpha value is 0.360. The van der Waals surface area contributed by atoms with E-state index in [4.69, 9.17) is 0 Å². The van der Waals surface area contributed by atoms with Gasteiger partial charge in [0.25, 0.3) is 0 Å². The van der Waals surface area contributed by atoms with Crippen LogP contribution in [0.5, 0.6) is 0 Å². The van der Waals surface area contributed by atoms with Crippen LogP contribution in [-0.4, -0.2) is 0 Å². The highest BCUT2D eigenvalue weighted by Gasteiger charge is 2.20. The highest BCUT2D eigenvalue weighted by Crippen LogP contribution is 2.41. The minimum Gasteiger partial charge on any atom is -0.143 e. The Kier molecular flexibility index (Phi) is 4.18. The number of halogens is 2. The second-order valence-electron chi connectivity index (χ2n) is 4.96. The maximum absolute atomic E-state index is 3.79. The molecule has 0 bridgehead atoms. The molecule has 0 radical (unpaired) electrons. The first-order valence-corrected chi connectivity index (χ1v) is 8.71. The van der Waals surface area contributed by atoms with Crippen molar-refractivity contribution in [2.45, 2.75) is 31.0 Å². The molecule has 0 N–H and O–H groups in total. The molecule has 0 spiro atoms. The lowest BCUT2D eigenvalue weighted by atomic mass is 9.95. The van der Waals surface area contributed by atoms with Crippen molar-refractivity contribution < 1.29 is 0 Å². The second kappa shape index (κ2) is 5.16. The van der Waals surface area contributed by atoms with Crippen LogP contribution in [0, 0.1) is 0 Å². The van der Waals surface area contributed by atoms with Crippen LogP contribution in [0.25, 0.3) is 0 Å². The smallest absolute Gasteiger partial charge is 0.0831 e. The van der Waals surface area contributed by atoms with Gasteiger partial charge in [-0.2, -0.15) is 0 Å². The lowest BCUT2D eigenvalue weighted by Crippen LogP contribution is -2.07. The molecule has 0 amide bonds. The predicted molar refractivity (Wildman–Crippen MR) is 85.8 cm³/mol. The second-order valence-corrected chi connectivity index (χ2v) is 9.48. The van der Waals surface area contributed by atoms with Gasteiger partial charge in [0, 0.05) is 14.6 Å². The molecule has 0 saturated carbocycles. The molecule has 0 aliphatic rings. The third-order valence-electron chi connectivity index (χ3n) is 2.46. The molecule has 1 atom stereocenters. The number of hydrogen-bond donors (Lipinski definition) is 0. The zero-order valence-electron chi connectivity index (χ0n) is 9.96. The van der Waals surface area contributed by atoms with E-state index in [1.165, 1.54) is 18.4 Å². The molecule has 2 aromatic rings. The molecule has 2 rings (SSSR count). The maximum Gasteiger partial charge on any atom is 0.0831 e. The third kappa shape index (κ3) is 3.22.